The molecule has 0 spiro atoms. The van der Waals surface area contributed by atoms with Gasteiger partial charge in [0.05, 0.1) is 18.9 Å². The van der Waals surface area contributed by atoms with Gasteiger partial charge in [0.2, 0.25) is 5.91 Å². The highest BCUT2D eigenvalue weighted by Gasteiger charge is 2.29. The van der Waals surface area contributed by atoms with Crippen LogP contribution in [-0.2, 0) is 4.79 Å². The standard InChI is InChI=1S/C14H25N3O3/c1-10-6-11(2)17(15-10)12(3)13(20)16(5)7-14(4,8-18)9-19/h6,12,18-19H,7-9H2,1-5H3. The molecular weight excluding hydrogens is 258 g/mol. The SMILES string of the molecule is Cc1cc(C)n(C(C)C(=O)N(C)CC(C)(CO)CO)n1. The quantitative estimate of drug-likeness (QED) is 0.797. The molecule has 0 aliphatic rings. The molecule has 1 atom stereocenters. The molecule has 6 nitrogen and oxygen atoms in total. The van der Waals surface area contributed by atoms with Crippen LogP contribution >= 0.6 is 0 Å². The van der Waals surface area contributed by atoms with Crippen LogP contribution in [-0.4, -0.2) is 57.6 Å². The fourth-order valence-corrected chi connectivity index (χ4v) is 2.26. The number of likely N-dealkylation sites (N-methyl/N-ethyl adjacent to an activating group) is 1. The van der Waals surface area contributed by atoms with Crippen molar-refractivity contribution < 1.29 is 15.0 Å². The zero-order chi connectivity index (χ0) is 15.5. The average Bonchev–Trinajstić information content (AvgIpc) is 2.75. The summed E-state index contributed by atoms with van der Waals surface area (Å²) in [7, 11) is 1.67. The van der Waals surface area contributed by atoms with E-state index in [0.29, 0.717) is 6.54 Å². The first-order chi connectivity index (χ1) is 9.24. The van der Waals surface area contributed by atoms with Crippen molar-refractivity contribution in [3.05, 3.63) is 17.5 Å². The molecule has 1 unspecified atom stereocenters. The van der Waals surface area contributed by atoms with Crippen molar-refractivity contribution in [1.29, 1.82) is 0 Å². The zero-order valence-corrected chi connectivity index (χ0v) is 12.9. The Kier molecular flexibility index (Phi) is 5.30. The van der Waals surface area contributed by atoms with E-state index in [2.05, 4.69) is 5.10 Å². The number of nitrogens with zero attached hydrogens (tertiary/aromatic N) is 3. The molecule has 0 bridgehead atoms. The minimum atomic E-state index is -0.695. The molecular formula is C14H25N3O3. The van der Waals surface area contributed by atoms with Crippen LogP contribution in [0.3, 0.4) is 0 Å². The molecule has 20 heavy (non-hydrogen) atoms. The molecule has 2 N–H and O–H groups in total. The maximum Gasteiger partial charge on any atom is 0.246 e. The molecule has 0 aromatic carbocycles. The lowest BCUT2D eigenvalue weighted by Gasteiger charge is -2.31. The number of carbonyl (C=O) groups is 1. The lowest BCUT2D eigenvalue weighted by atomic mass is 9.92. The minimum absolute atomic E-state index is 0.0932. The van der Waals surface area contributed by atoms with Gasteiger partial charge < -0.3 is 15.1 Å². The second-order valence-electron chi connectivity index (χ2n) is 5.87. The first kappa shape index (κ1) is 16.7. The molecule has 0 aliphatic heterocycles. The van der Waals surface area contributed by atoms with Crippen LogP contribution in [0, 0.1) is 19.3 Å². The summed E-state index contributed by atoms with van der Waals surface area (Å²) in [6.45, 7) is 7.29. The Morgan fingerprint density at radius 1 is 1.45 bits per heavy atom. The van der Waals surface area contributed by atoms with Crippen LogP contribution in [0.4, 0.5) is 0 Å². The van der Waals surface area contributed by atoms with Crippen LogP contribution < -0.4 is 0 Å². The fourth-order valence-electron chi connectivity index (χ4n) is 2.26. The van der Waals surface area contributed by atoms with Crippen LogP contribution in [0.15, 0.2) is 6.07 Å². The first-order valence-electron chi connectivity index (χ1n) is 6.73. The Hall–Kier alpha value is -1.40. The van der Waals surface area contributed by atoms with Gasteiger partial charge in [0, 0.05) is 24.7 Å². The van der Waals surface area contributed by atoms with E-state index in [-0.39, 0.29) is 19.1 Å². The molecule has 1 aromatic heterocycles. The van der Waals surface area contributed by atoms with E-state index in [9.17, 15) is 15.0 Å². The van der Waals surface area contributed by atoms with Gasteiger partial charge >= 0.3 is 0 Å². The minimum Gasteiger partial charge on any atom is -0.396 e. The summed E-state index contributed by atoms with van der Waals surface area (Å²) in [6.07, 6.45) is 0. The molecule has 0 radical (unpaired) electrons. The van der Waals surface area contributed by atoms with E-state index >= 15 is 0 Å². The van der Waals surface area contributed by atoms with Gasteiger partial charge in [0.15, 0.2) is 0 Å². The van der Waals surface area contributed by atoms with Gasteiger partial charge in [-0.15, -0.1) is 0 Å². The highest BCUT2D eigenvalue weighted by atomic mass is 16.3. The molecule has 1 amide bonds. The summed E-state index contributed by atoms with van der Waals surface area (Å²) >= 11 is 0. The molecule has 1 aromatic rings. The maximum absolute atomic E-state index is 12.4. The van der Waals surface area contributed by atoms with Crippen molar-refractivity contribution in [1.82, 2.24) is 14.7 Å². The van der Waals surface area contributed by atoms with E-state index in [1.807, 2.05) is 19.9 Å². The van der Waals surface area contributed by atoms with Gasteiger partial charge in [-0.3, -0.25) is 9.48 Å². The lowest BCUT2D eigenvalue weighted by Crippen LogP contribution is -2.44. The lowest BCUT2D eigenvalue weighted by molar-refractivity contribution is -0.135. The van der Waals surface area contributed by atoms with Gasteiger partial charge in [-0.25, -0.2) is 0 Å². The van der Waals surface area contributed by atoms with E-state index < -0.39 is 11.5 Å². The summed E-state index contributed by atoms with van der Waals surface area (Å²) in [6, 6.07) is 1.52. The second-order valence-corrected chi connectivity index (χ2v) is 5.87. The van der Waals surface area contributed by atoms with Crippen molar-refractivity contribution in [2.24, 2.45) is 5.41 Å². The Balaban J connectivity index is 2.81. The van der Waals surface area contributed by atoms with Crippen molar-refractivity contribution in [3.8, 4) is 0 Å². The second kappa shape index (κ2) is 6.37. The molecule has 0 aliphatic carbocycles. The summed E-state index contributed by atoms with van der Waals surface area (Å²) in [5.74, 6) is -0.0932. The maximum atomic E-state index is 12.4. The third-order valence-electron chi connectivity index (χ3n) is 3.53. The Morgan fingerprint density at radius 2 is 2.00 bits per heavy atom. The zero-order valence-electron chi connectivity index (χ0n) is 12.9. The number of carbonyl (C=O) groups excluding carboxylic acids is 1. The number of aryl methyl sites for hydroxylation is 2. The van der Waals surface area contributed by atoms with E-state index in [1.165, 1.54) is 4.90 Å². The summed E-state index contributed by atoms with van der Waals surface area (Å²) in [4.78, 5) is 14.0. The molecule has 0 fully saturated rings. The van der Waals surface area contributed by atoms with Crippen molar-refractivity contribution in [2.45, 2.75) is 33.7 Å². The number of amides is 1. The third-order valence-corrected chi connectivity index (χ3v) is 3.53. The van der Waals surface area contributed by atoms with Crippen molar-refractivity contribution in [3.63, 3.8) is 0 Å². The highest BCUT2D eigenvalue weighted by Crippen LogP contribution is 2.19. The van der Waals surface area contributed by atoms with E-state index in [4.69, 9.17) is 0 Å². The predicted molar refractivity (Wildman–Crippen MR) is 76.3 cm³/mol. The van der Waals surface area contributed by atoms with Crippen LogP contribution in [0.2, 0.25) is 0 Å². The highest BCUT2D eigenvalue weighted by molar-refractivity contribution is 5.79. The molecule has 1 heterocycles. The summed E-state index contributed by atoms with van der Waals surface area (Å²) in [5, 5.41) is 22.9. The smallest absolute Gasteiger partial charge is 0.246 e. The fraction of sp³-hybridized carbons (Fsp3) is 0.714. The van der Waals surface area contributed by atoms with Crippen LogP contribution in [0.1, 0.15) is 31.3 Å². The first-order valence-corrected chi connectivity index (χ1v) is 6.73. The predicted octanol–water partition coefficient (Wildman–Crippen LogP) is 0.510. The molecule has 114 valence electrons. The van der Waals surface area contributed by atoms with Gasteiger partial charge in [0.25, 0.3) is 0 Å². The van der Waals surface area contributed by atoms with Crippen molar-refractivity contribution in [2.75, 3.05) is 26.8 Å². The van der Waals surface area contributed by atoms with E-state index in [0.717, 1.165) is 11.4 Å². The number of aromatic nitrogens is 2. The third kappa shape index (κ3) is 3.58. The normalized spacial score (nSPS) is 13.3. The van der Waals surface area contributed by atoms with Crippen LogP contribution in [0.25, 0.3) is 0 Å². The van der Waals surface area contributed by atoms with Gasteiger partial charge in [-0.2, -0.15) is 5.10 Å². The monoisotopic (exact) mass is 283 g/mol. The summed E-state index contributed by atoms with van der Waals surface area (Å²) in [5.41, 5.74) is 1.11. The average molecular weight is 283 g/mol. The number of rotatable bonds is 6. The largest absolute Gasteiger partial charge is 0.396 e. The number of aliphatic hydroxyl groups excluding tert-OH is 2. The number of hydrogen-bond acceptors (Lipinski definition) is 4. The van der Waals surface area contributed by atoms with Crippen LogP contribution in [0.5, 0.6) is 0 Å². The molecule has 1 rings (SSSR count). The van der Waals surface area contributed by atoms with E-state index in [1.54, 1.807) is 25.6 Å². The van der Waals surface area contributed by atoms with Gasteiger partial charge in [0.1, 0.15) is 6.04 Å². The Labute approximate surface area is 120 Å². The topological polar surface area (TPSA) is 78.6 Å². The number of aliphatic hydroxyl groups is 2. The molecule has 0 saturated carbocycles. The van der Waals surface area contributed by atoms with Crippen molar-refractivity contribution >= 4 is 5.91 Å². The Morgan fingerprint density at radius 3 is 2.40 bits per heavy atom. The van der Waals surface area contributed by atoms with Gasteiger partial charge in [-0.1, -0.05) is 6.92 Å². The Bertz CT molecular complexity index is 466. The molecule has 0 saturated heterocycles. The van der Waals surface area contributed by atoms with Gasteiger partial charge in [-0.05, 0) is 26.8 Å². The molecule has 6 heteroatoms. The number of hydrogen-bond donors (Lipinski definition) is 2. The summed E-state index contributed by atoms with van der Waals surface area (Å²) < 4.78 is 1.70.